The van der Waals surface area contributed by atoms with E-state index in [2.05, 4.69) is 25.8 Å². The number of imidazole rings is 1. The Morgan fingerprint density at radius 1 is 1.38 bits per heavy atom. The first-order valence-corrected chi connectivity index (χ1v) is 7.62. The number of nitrogen functional groups attached to an aromatic ring is 1. The topological polar surface area (TPSA) is 43.8 Å². The van der Waals surface area contributed by atoms with Gasteiger partial charge in [-0.15, -0.1) is 0 Å². The second-order valence-corrected chi connectivity index (χ2v) is 6.02. The van der Waals surface area contributed by atoms with E-state index < -0.39 is 5.82 Å². The third-order valence-corrected chi connectivity index (χ3v) is 3.62. The molecular formula is C16H21ClFN3. The lowest BCUT2D eigenvalue weighted by atomic mass is 10.1. The van der Waals surface area contributed by atoms with Gasteiger partial charge in [-0.3, -0.25) is 0 Å². The summed E-state index contributed by atoms with van der Waals surface area (Å²) in [6.45, 7) is 7.08. The number of hydrogen-bond acceptors (Lipinski definition) is 2. The minimum Gasteiger partial charge on any atom is -0.383 e. The van der Waals surface area contributed by atoms with Crippen molar-refractivity contribution in [2.24, 2.45) is 5.92 Å². The zero-order valence-corrected chi connectivity index (χ0v) is 13.4. The highest BCUT2D eigenvalue weighted by Crippen LogP contribution is 2.34. The summed E-state index contributed by atoms with van der Waals surface area (Å²) in [7, 11) is 0. The van der Waals surface area contributed by atoms with Crippen molar-refractivity contribution in [3.05, 3.63) is 34.9 Å². The lowest BCUT2D eigenvalue weighted by molar-refractivity contribution is 0.510. The van der Waals surface area contributed by atoms with E-state index in [1.165, 1.54) is 6.07 Å². The molecule has 0 saturated heterocycles. The van der Waals surface area contributed by atoms with Crippen LogP contribution in [0.25, 0.3) is 11.3 Å². The minimum atomic E-state index is -0.397. The molecule has 1 heterocycles. The van der Waals surface area contributed by atoms with Gasteiger partial charge in [0.05, 0.1) is 10.6 Å². The lowest BCUT2D eigenvalue weighted by Crippen LogP contribution is -2.11. The van der Waals surface area contributed by atoms with Gasteiger partial charge in [-0.05, 0) is 24.5 Å². The first-order chi connectivity index (χ1) is 9.95. The standard InChI is InChI=1S/C16H21ClFN3/c1-4-6-13-20-15(16(19)21(13)9-10(2)3)14-11(17)7-5-8-12(14)18/h5,7-8,10H,4,6,9,19H2,1-3H3. The fourth-order valence-electron chi connectivity index (χ4n) is 2.40. The molecule has 0 aliphatic rings. The molecule has 0 saturated carbocycles. The SMILES string of the molecule is CCCc1nc(-c2c(F)cccc2Cl)c(N)n1CC(C)C. The molecule has 0 unspecified atom stereocenters. The predicted octanol–water partition coefficient (Wildman–Crippen LogP) is 4.53. The largest absolute Gasteiger partial charge is 0.383 e. The molecule has 0 spiro atoms. The highest BCUT2D eigenvalue weighted by molar-refractivity contribution is 6.33. The third-order valence-electron chi connectivity index (χ3n) is 3.31. The van der Waals surface area contributed by atoms with E-state index in [0.717, 1.165) is 25.2 Å². The van der Waals surface area contributed by atoms with E-state index in [1.54, 1.807) is 12.1 Å². The summed E-state index contributed by atoms with van der Waals surface area (Å²) in [4.78, 5) is 4.56. The van der Waals surface area contributed by atoms with Gasteiger partial charge in [-0.1, -0.05) is 38.4 Å². The summed E-state index contributed by atoms with van der Waals surface area (Å²) in [6.07, 6.45) is 1.77. The molecule has 0 amide bonds. The van der Waals surface area contributed by atoms with Crippen LogP contribution in [0.5, 0.6) is 0 Å². The maximum absolute atomic E-state index is 14.1. The average Bonchev–Trinajstić information content (AvgIpc) is 2.68. The van der Waals surface area contributed by atoms with Crippen LogP contribution in [0.15, 0.2) is 18.2 Å². The van der Waals surface area contributed by atoms with Crippen molar-refractivity contribution < 1.29 is 4.39 Å². The number of anilines is 1. The molecule has 3 nitrogen and oxygen atoms in total. The third kappa shape index (κ3) is 3.21. The van der Waals surface area contributed by atoms with Crippen LogP contribution in [0.3, 0.4) is 0 Å². The van der Waals surface area contributed by atoms with Crippen molar-refractivity contribution in [1.29, 1.82) is 0 Å². The molecule has 2 N–H and O–H groups in total. The van der Waals surface area contributed by atoms with Crippen LogP contribution in [0, 0.1) is 11.7 Å². The summed E-state index contributed by atoms with van der Waals surface area (Å²) in [5.74, 6) is 1.41. The molecule has 0 aliphatic carbocycles. The van der Waals surface area contributed by atoms with E-state index >= 15 is 0 Å². The van der Waals surface area contributed by atoms with E-state index in [1.807, 2.05) is 4.57 Å². The fraction of sp³-hybridized carbons (Fsp3) is 0.438. The second kappa shape index (κ2) is 6.48. The number of aromatic nitrogens is 2. The van der Waals surface area contributed by atoms with Crippen molar-refractivity contribution in [2.75, 3.05) is 5.73 Å². The van der Waals surface area contributed by atoms with Crippen LogP contribution in [0.2, 0.25) is 5.02 Å². The maximum atomic E-state index is 14.1. The molecule has 2 aromatic rings. The van der Waals surface area contributed by atoms with Gasteiger partial charge in [-0.25, -0.2) is 9.37 Å². The number of halogens is 2. The molecular weight excluding hydrogens is 289 g/mol. The number of benzene rings is 1. The Morgan fingerprint density at radius 3 is 2.67 bits per heavy atom. The minimum absolute atomic E-state index is 0.288. The van der Waals surface area contributed by atoms with Gasteiger partial charge in [0, 0.05) is 13.0 Å². The van der Waals surface area contributed by atoms with Crippen LogP contribution >= 0.6 is 11.6 Å². The van der Waals surface area contributed by atoms with E-state index in [0.29, 0.717) is 22.5 Å². The average molecular weight is 310 g/mol. The molecule has 2 rings (SSSR count). The number of aryl methyl sites for hydroxylation is 1. The Hall–Kier alpha value is -1.55. The second-order valence-electron chi connectivity index (χ2n) is 5.61. The van der Waals surface area contributed by atoms with Gasteiger partial charge in [0.25, 0.3) is 0 Å². The number of rotatable bonds is 5. The lowest BCUT2D eigenvalue weighted by Gasteiger charge is -2.12. The number of nitrogens with zero attached hydrogens (tertiary/aromatic N) is 2. The van der Waals surface area contributed by atoms with Gasteiger partial charge < -0.3 is 10.3 Å². The first kappa shape index (κ1) is 15.8. The maximum Gasteiger partial charge on any atom is 0.134 e. The molecule has 0 aliphatic heterocycles. The van der Waals surface area contributed by atoms with Gasteiger partial charge in [0.15, 0.2) is 0 Å². The van der Waals surface area contributed by atoms with Crippen molar-refractivity contribution in [3.63, 3.8) is 0 Å². The highest BCUT2D eigenvalue weighted by atomic mass is 35.5. The van der Waals surface area contributed by atoms with Crippen molar-refractivity contribution >= 4 is 17.4 Å². The van der Waals surface area contributed by atoms with Crippen molar-refractivity contribution in [1.82, 2.24) is 9.55 Å². The summed E-state index contributed by atoms with van der Waals surface area (Å²) in [5.41, 5.74) is 6.96. The molecule has 0 radical (unpaired) electrons. The smallest absolute Gasteiger partial charge is 0.134 e. The molecule has 0 atom stereocenters. The van der Waals surface area contributed by atoms with Crippen molar-refractivity contribution in [2.45, 2.75) is 40.2 Å². The Balaban J connectivity index is 2.59. The number of hydrogen-bond donors (Lipinski definition) is 1. The first-order valence-electron chi connectivity index (χ1n) is 7.24. The van der Waals surface area contributed by atoms with Gasteiger partial charge in [0.1, 0.15) is 23.2 Å². The van der Waals surface area contributed by atoms with Crippen LogP contribution in [-0.4, -0.2) is 9.55 Å². The quantitative estimate of drug-likeness (QED) is 0.881. The molecule has 5 heteroatoms. The molecule has 1 aromatic carbocycles. The Kier molecular flexibility index (Phi) is 4.88. The molecule has 114 valence electrons. The summed E-state index contributed by atoms with van der Waals surface area (Å²) >= 11 is 6.14. The van der Waals surface area contributed by atoms with E-state index in [-0.39, 0.29) is 5.56 Å². The van der Waals surface area contributed by atoms with E-state index in [9.17, 15) is 4.39 Å². The molecule has 0 bridgehead atoms. The van der Waals surface area contributed by atoms with Crippen LogP contribution < -0.4 is 5.73 Å². The fourth-order valence-corrected chi connectivity index (χ4v) is 2.66. The summed E-state index contributed by atoms with van der Waals surface area (Å²) in [6, 6.07) is 4.61. The van der Waals surface area contributed by atoms with E-state index in [4.69, 9.17) is 17.3 Å². The van der Waals surface area contributed by atoms with Crippen LogP contribution in [-0.2, 0) is 13.0 Å². The molecule has 0 fully saturated rings. The molecule has 1 aromatic heterocycles. The van der Waals surface area contributed by atoms with Gasteiger partial charge in [0.2, 0.25) is 0 Å². The molecule has 21 heavy (non-hydrogen) atoms. The Labute approximate surface area is 129 Å². The van der Waals surface area contributed by atoms with Gasteiger partial charge in [-0.2, -0.15) is 0 Å². The predicted molar refractivity (Wildman–Crippen MR) is 85.9 cm³/mol. The Bertz CT molecular complexity index is 614. The van der Waals surface area contributed by atoms with Crippen LogP contribution in [0.4, 0.5) is 10.2 Å². The van der Waals surface area contributed by atoms with Gasteiger partial charge >= 0.3 is 0 Å². The Morgan fingerprint density at radius 2 is 2.10 bits per heavy atom. The monoisotopic (exact) mass is 309 g/mol. The van der Waals surface area contributed by atoms with Crippen LogP contribution in [0.1, 0.15) is 33.0 Å². The summed E-state index contributed by atoms with van der Waals surface area (Å²) in [5, 5.41) is 0.332. The zero-order chi connectivity index (χ0) is 15.6. The highest BCUT2D eigenvalue weighted by Gasteiger charge is 2.20. The normalized spacial score (nSPS) is 11.3. The summed E-state index contributed by atoms with van der Waals surface area (Å²) < 4.78 is 16.1. The number of nitrogens with two attached hydrogens (primary N) is 1. The zero-order valence-electron chi connectivity index (χ0n) is 12.7. The van der Waals surface area contributed by atoms with Crippen molar-refractivity contribution in [3.8, 4) is 11.3 Å².